The zero-order chi connectivity index (χ0) is 13.1. The van der Waals surface area contributed by atoms with Gasteiger partial charge in [-0.05, 0) is 63.4 Å². The smallest absolute Gasteiger partial charge is 0.0179 e. The second kappa shape index (κ2) is 6.06. The lowest BCUT2D eigenvalue weighted by Gasteiger charge is -2.40. The Bertz CT molecular complexity index is 390. The highest BCUT2D eigenvalue weighted by molar-refractivity contribution is 5.33. The van der Waals surface area contributed by atoms with E-state index in [9.17, 15) is 0 Å². The molecule has 1 heterocycles. The first-order chi connectivity index (χ1) is 9.38. The van der Waals surface area contributed by atoms with E-state index in [0.717, 1.165) is 18.6 Å². The van der Waals surface area contributed by atoms with Crippen molar-refractivity contribution in [3.05, 3.63) is 35.4 Å². The average molecular weight is 258 g/mol. The minimum Gasteiger partial charge on any atom is -0.320 e. The number of rotatable bonds is 4. The maximum atomic E-state index is 3.32. The third-order valence-corrected chi connectivity index (χ3v) is 4.90. The third-order valence-electron chi connectivity index (χ3n) is 4.90. The van der Waals surface area contributed by atoms with Gasteiger partial charge in [0, 0.05) is 12.1 Å². The van der Waals surface area contributed by atoms with Gasteiger partial charge in [-0.1, -0.05) is 30.7 Å². The molecule has 1 aliphatic carbocycles. The maximum absolute atomic E-state index is 3.32. The number of piperidine rings is 1. The Balaban J connectivity index is 1.67. The van der Waals surface area contributed by atoms with Crippen LogP contribution in [0.5, 0.6) is 0 Å². The monoisotopic (exact) mass is 258 g/mol. The third kappa shape index (κ3) is 2.85. The van der Waals surface area contributed by atoms with Crippen LogP contribution in [0.15, 0.2) is 24.3 Å². The van der Waals surface area contributed by atoms with Gasteiger partial charge in [0.05, 0.1) is 0 Å². The second-order valence-corrected chi connectivity index (χ2v) is 6.11. The van der Waals surface area contributed by atoms with Crippen LogP contribution in [0, 0.1) is 0 Å². The van der Waals surface area contributed by atoms with Gasteiger partial charge in [-0.3, -0.25) is 4.90 Å². The van der Waals surface area contributed by atoms with Crippen LogP contribution < -0.4 is 5.32 Å². The number of hydrogen-bond acceptors (Lipinski definition) is 2. The first-order valence-corrected chi connectivity index (χ1v) is 7.85. The molecule has 1 aromatic rings. The summed E-state index contributed by atoms with van der Waals surface area (Å²) in [6, 6.07) is 10.6. The Hall–Kier alpha value is -0.860. The summed E-state index contributed by atoms with van der Waals surface area (Å²) in [6.45, 7) is 2.47. The molecule has 0 bridgehead atoms. The van der Waals surface area contributed by atoms with Gasteiger partial charge in [-0.15, -0.1) is 0 Å². The molecule has 2 heteroatoms. The number of benzene rings is 1. The fraction of sp³-hybridized carbons (Fsp3) is 0.647. The van der Waals surface area contributed by atoms with Crippen LogP contribution in [-0.4, -0.2) is 37.1 Å². The fourth-order valence-electron chi connectivity index (χ4n) is 3.89. The number of likely N-dealkylation sites (tertiary alicyclic amines) is 1. The lowest BCUT2D eigenvalue weighted by molar-refractivity contribution is 0.0932. The number of fused-ring (bicyclic) bond motifs is 1. The Labute approximate surface area is 117 Å². The van der Waals surface area contributed by atoms with Crippen molar-refractivity contribution >= 4 is 0 Å². The van der Waals surface area contributed by atoms with E-state index in [2.05, 4.69) is 41.5 Å². The summed E-state index contributed by atoms with van der Waals surface area (Å²) in [4.78, 5) is 2.82. The van der Waals surface area contributed by atoms with Crippen LogP contribution in [-0.2, 0) is 12.8 Å². The number of nitrogens with one attached hydrogen (secondary N) is 1. The van der Waals surface area contributed by atoms with Gasteiger partial charge in [0.2, 0.25) is 0 Å². The van der Waals surface area contributed by atoms with Crippen LogP contribution in [0.4, 0.5) is 0 Å². The summed E-state index contributed by atoms with van der Waals surface area (Å²) < 4.78 is 0. The van der Waals surface area contributed by atoms with Crippen molar-refractivity contribution in [2.45, 2.75) is 50.6 Å². The first-order valence-electron chi connectivity index (χ1n) is 7.85. The van der Waals surface area contributed by atoms with Gasteiger partial charge in [0.1, 0.15) is 0 Å². The molecule has 0 amide bonds. The zero-order valence-corrected chi connectivity index (χ0v) is 12.1. The molecule has 1 aromatic carbocycles. The molecule has 0 radical (unpaired) electrons. The highest BCUT2D eigenvalue weighted by Gasteiger charge is 2.32. The van der Waals surface area contributed by atoms with Gasteiger partial charge < -0.3 is 5.32 Å². The summed E-state index contributed by atoms with van der Waals surface area (Å²) in [5, 5.41) is 3.32. The van der Waals surface area contributed by atoms with Crippen molar-refractivity contribution < 1.29 is 0 Å². The Kier molecular flexibility index (Phi) is 4.19. The second-order valence-electron chi connectivity index (χ2n) is 6.11. The molecule has 0 saturated carbocycles. The predicted octanol–water partition coefficient (Wildman–Crippen LogP) is 2.62. The largest absolute Gasteiger partial charge is 0.320 e. The molecule has 1 atom stereocenters. The molecule has 19 heavy (non-hydrogen) atoms. The molecule has 1 saturated heterocycles. The van der Waals surface area contributed by atoms with Crippen molar-refractivity contribution in [1.82, 2.24) is 10.2 Å². The van der Waals surface area contributed by atoms with Crippen LogP contribution >= 0.6 is 0 Å². The number of hydrogen-bond donors (Lipinski definition) is 1. The van der Waals surface area contributed by atoms with E-state index in [1.807, 2.05) is 0 Å². The highest BCUT2D eigenvalue weighted by Crippen LogP contribution is 2.30. The molecule has 0 spiro atoms. The van der Waals surface area contributed by atoms with E-state index < -0.39 is 0 Å². The lowest BCUT2D eigenvalue weighted by atomic mass is 9.96. The van der Waals surface area contributed by atoms with Gasteiger partial charge in [0.15, 0.2) is 0 Å². The molecule has 1 fully saturated rings. The number of nitrogens with zero attached hydrogens (tertiary/aromatic N) is 1. The van der Waals surface area contributed by atoms with Crippen LogP contribution in [0.3, 0.4) is 0 Å². The van der Waals surface area contributed by atoms with E-state index in [-0.39, 0.29) is 0 Å². The molecule has 0 aromatic heterocycles. The minimum atomic E-state index is 0.763. The minimum absolute atomic E-state index is 0.763. The van der Waals surface area contributed by atoms with Gasteiger partial charge in [0.25, 0.3) is 0 Å². The molecular weight excluding hydrogens is 232 g/mol. The summed E-state index contributed by atoms with van der Waals surface area (Å²) in [6.07, 6.45) is 8.06. The fourth-order valence-corrected chi connectivity index (χ4v) is 3.89. The lowest BCUT2D eigenvalue weighted by Crippen LogP contribution is -2.47. The van der Waals surface area contributed by atoms with Crippen LogP contribution in [0.2, 0.25) is 0 Å². The van der Waals surface area contributed by atoms with Crippen molar-refractivity contribution in [3.63, 3.8) is 0 Å². The molecular formula is C17H26N2. The van der Waals surface area contributed by atoms with Gasteiger partial charge in [-0.25, -0.2) is 0 Å². The molecule has 1 aliphatic heterocycles. The summed E-state index contributed by atoms with van der Waals surface area (Å²) in [5.74, 6) is 0. The Morgan fingerprint density at radius 2 is 1.89 bits per heavy atom. The van der Waals surface area contributed by atoms with Crippen molar-refractivity contribution in [3.8, 4) is 0 Å². The maximum Gasteiger partial charge on any atom is 0.0179 e. The predicted molar refractivity (Wildman–Crippen MR) is 80.5 cm³/mol. The van der Waals surface area contributed by atoms with Gasteiger partial charge >= 0.3 is 0 Å². The van der Waals surface area contributed by atoms with Crippen molar-refractivity contribution in [2.75, 3.05) is 20.1 Å². The Morgan fingerprint density at radius 3 is 2.58 bits per heavy atom. The average Bonchev–Trinajstić information content (AvgIpc) is 2.89. The molecule has 3 rings (SSSR count). The first kappa shape index (κ1) is 13.1. The molecule has 104 valence electrons. The Morgan fingerprint density at radius 1 is 1.16 bits per heavy atom. The van der Waals surface area contributed by atoms with E-state index in [4.69, 9.17) is 0 Å². The van der Waals surface area contributed by atoms with E-state index >= 15 is 0 Å². The molecule has 1 N–H and O–H groups in total. The van der Waals surface area contributed by atoms with E-state index in [1.54, 1.807) is 11.1 Å². The van der Waals surface area contributed by atoms with Crippen molar-refractivity contribution in [2.24, 2.45) is 0 Å². The summed E-state index contributed by atoms with van der Waals surface area (Å²) in [7, 11) is 2.07. The summed E-state index contributed by atoms with van der Waals surface area (Å²) in [5.41, 5.74) is 3.18. The van der Waals surface area contributed by atoms with Gasteiger partial charge in [-0.2, -0.15) is 0 Å². The molecule has 2 aliphatic rings. The van der Waals surface area contributed by atoms with E-state index in [1.165, 1.54) is 45.1 Å². The summed E-state index contributed by atoms with van der Waals surface area (Å²) >= 11 is 0. The highest BCUT2D eigenvalue weighted by atomic mass is 15.2. The normalized spacial score (nSPS) is 24.6. The standard InChI is InChI=1S/C17H26N2/c1-18-10-9-16-8-4-5-11-19(16)17-12-14-6-2-3-7-15(14)13-17/h2-3,6-7,16-18H,4-5,8-13H2,1H3. The van der Waals surface area contributed by atoms with Crippen LogP contribution in [0.25, 0.3) is 0 Å². The van der Waals surface area contributed by atoms with Crippen molar-refractivity contribution in [1.29, 1.82) is 0 Å². The topological polar surface area (TPSA) is 15.3 Å². The molecule has 1 unspecified atom stereocenters. The quantitative estimate of drug-likeness (QED) is 0.893. The van der Waals surface area contributed by atoms with E-state index in [0.29, 0.717) is 0 Å². The zero-order valence-electron chi connectivity index (χ0n) is 12.1. The molecule has 2 nitrogen and oxygen atoms in total. The SMILES string of the molecule is CNCCC1CCCCN1C1Cc2ccccc2C1. The van der Waals surface area contributed by atoms with Crippen LogP contribution in [0.1, 0.15) is 36.8 Å².